The topological polar surface area (TPSA) is 91.9 Å². The van der Waals surface area contributed by atoms with Gasteiger partial charge in [0.25, 0.3) is 5.56 Å². The fraction of sp³-hybridized carbons (Fsp3) is 0.333. The second kappa shape index (κ2) is 8.53. The van der Waals surface area contributed by atoms with E-state index in [9.17, 15) is 31.9 Å². The van der Waals surface area contributed by atoms with E-state index in [-0.39, 0.29) is 25.8 Å². The number of nitrogens with zero attached hydrogens (tertiary/aromatic N) is 3. The van der Waals surface area contributed by atoms with Gasteiger partial charge in [0.05, 0.1) is 24.0 Å². The fourth-order valence-electron chi connectivity index (χ4n) is 2.44. The molecule has 0 aliphatic carbocycles. The Morgan fingerprint density at radius 3 is 2.35 bits per heavy atom. The largest absolute Gasteiger partial charge is 0.466 e. The molecule has 1 aromatic carbocycles. The van der Waals surface area contributed by atoms with Gasteiger partial charge in [0.15, 0.2) is 0 Å². The van der Waals surface area contributed by atoms with Gasteiger partial charge < -0.3 is 9.57 Å². The summed E-state index contributed by atoms with van der Waals surface area (Å²) in [5.41, 5.74) is -6.49. The highest BCUT2D eigenvalue weighted by molar-refractivity contribution is 6.33. The lowest BCUT2D eigenvalue weighted by Crippen LogP contribution is -2.41. The van der Waals surface area contributed by atoms with E-state index in [1.54, 1.807) is 0 Å². The SMILES string of the molecule is COC(=O)C(C)(C)O/N=C/c1cc(-n2c(=O)cc(C(F)(F)F)n(C)c2=O)c(F)cc1Cl. The maximum absolute atomic E-state index is 14.5. The summed E-state index contributed by atoms with van der Waals surface area (Å²) in [5, 5.41) is 3.36. The average molecular weight is 466 g/mol. The first-order valence-electron chi connectivity index (χ1n) is 8.40. The van der Waals surface area contributed by atoms with Crippen molar-refractivity contribution in [2.24, 2.45) is 12.2 Å². The Balaban J connectivity index is 2.58. The molecule has 0 saturated carbocycles. The molecule has 1 heterocycles. The van der Waals surface area contributed by atoms with E-state index in [0.717, 1.165) is 32.5 Å². The normalized spacial score (nSPS) is 12.3. The molecule has 0 aliphatic rings. The van der Waals surface area contributed by atoms with Gasteiger partial charge in [-0.3, -0.25) is 9.36 Å². The quantitative estimate of drug-likeness (QED) is 0.293. The Bertz CT molecular complexity index is 1170. The molecule has 8 nitrogen and oxygen atoms in total. The summed E-state index contributed by atoms with van der Waals surface area (Å²) in [6.07, 6.45) is -4.00. The third-order valence-electron chi connectivity index (χ3n) is 4.07. The van der Waals surface area contributed by atoms with Crippen LogP contribution < -0.4 is 11.2 Å². The number of aromatic nitrogens is 2. The molecule has 0 amide bonds. The number of alkyl halides is 3. The highest BCUT2D eigenvalue weighted by Gasteiger charge is 2.35. The lowest BCUT2D eigenvalue weighted by molar-refractivity contribution is -0.164. The summed E-state index contributed by atoms with van der Waals surface area (Å²) in [7, 11) is 1.93. The second-order valence-electron chi connectivity index (χ2n) is 6.70. The Hall–Kier alpha value is -3.15. The van der Waals surface area contributed by atoms with E-state index in [1.807, 2.05) is 0 Å². The highest BCUT2D eigenvalue weighted by Crippen LogP contribution is 2.27. The van der Waals surface area contributed by atoms with Crippen LogP contribution in [0.2, 0.25) is 5.02 Å². The van der Waals surface area contributed by atoms with E-state index in [1.165, 1.54) is 13.8 Å². The fourth-order valence-corrected chi connectivity index (χ4v) is 2.64. The zero-order valence-electron chi connectivity index (χ0n) is 16.6. The van der Waals surface area contributed by atoms with Gasteiger partial charge in [0, 0.05) is 18.7 Å². The average Bonchev–Trinajstić information content (AvgIpc) is 2.65. The number of carbonyl (C=O) groups is 1. The van der Waals surface area contributed by atoms with E-state index in [4.69, 9.17) is 16.4 Å². The van der Waals surface area contributed by atoms with Crippen molar-refractivity contribution in [1.82, 2.24) is 9.13 Å². The summed E-state index contributed by atoms with van der Waals surface area (Å²) < 4.78 is 58.4. The molecule has 2 aromatic rings. The maximum atomic E-state index is 14.5. The van der Waals surface area contributed by atoms with Crippen LogP contribution in [0.3, 0.4) is 0 Å². The Morgan fingerprint density at radius 2 is 1.81 bits per heavy atom. The predicted octanol–water partition coefficient (Wildman–Crippen LogP) is 2.65. The van der Waals surface area contributed by atoms with Crippen molar-refractivity contribution in [2.75, 3.05) is 7.11 Å². The predicted molar refractivity (Wildman–Crippen MR) is 102 cm³/mol. The van der Waals surface area contributed by atoms with Gasteiger partial charge in [-0.2, -0.15) is 13.2 Å². The minimum atomic E-state index is -4.97. The molecule has 2 rings (SSSR count). The molecule has 13 heteroatoms. The van der Waals surface area contributed by atoms with Gasteiger partial charge in [-0.15, -0.1) is 0 Å². The number of ether oxygens (including phenoxy) is 1. The Kier molecular flexibility index (Phi) is 6.64. The molecule has 1 aromatic heterocycles. The maximum Gasteiger partial charge on any atom is 0.431 e. The number of hydrogen-bond acceptors (Lipinski definition) is 6. The van der Waals surface area contributed by atoms with E-state index in [0.29, 0.717) is 0 Å². The summed E-state index contributed by atoms with van der Waals surface area (Å²) >= 11 is 5.93. The molecule has 0 fully saturated rings. The molecule has 0 unspecified atom stereocenters. The minimum Gasteiger partial charge on any atom is -0.466 e. The van der Waals surface area contributed by atoms with Crippen LogP contribution in [0.5, 0.6) is 0 Å². The smallest absolute Gasteiger partial charge is 0.431 e. The van der Waals surface area contributed by atoms with Crippen molar-refractivity contribution < 1.29 is 31.9 Å². The monoisotopic (exact) mass is 465 g/mol. The third kappa shape index (κ3) is 4.95. The van der Waals surface area contributed by atoms with Crippen LogP contribution in [-0.2, 0) is 27.6 Å². The van der Waals surface area contributed by atoms with Gasteiger partial charge in [-0.25, -0.2) is 18.5 Å². The van der Waals surface area contributed by atoms with Crippen molar-refractivity contribution in [1.29, 1.82) is 0 Å². The second-order valence-corrected chi connectivity index (χ2v) is 7.10. The summed E-state index contributed by atoms with van der Waals surface area (Å²) in [6, 6.07) is 1.84. The Labute approximate surface area is 177 Å². The first kappa shape index (κ1) is 24.1. The van der Waals surface area contributed by atoms with Crippen molar-refractivity contribution in [3.63, 3.8) is 0 Å². The van der Waals surface area contributed by atoms with Crippen LogP contribution in [0.4, 0.5) is 17.6 Å². The molecule has 0 atom stereocenters. The van der Waals surface area contributed by atoms with Gasteiger partial charge in [-0.1, -0.05) is 16.8 Å². The molecule has 0 spiro atoms. The number of carbonyl (C=O) groups excluding carboxylic acids is 1. The summed E-state index contributed by atoms with van der Waals surface area (Å²) in [6.45, 7) is 2.72. The van der Waals surface area contributed by atoms with Crippen LogP contribution in [0.15, 0.2) is 32.9 Å². The number of esters is 1. The first-order chi connectivity index (χ1) is 14.2. The zero-order chi connectivity index (χ0) is 23.7. The summed E-state index contributed by atoms with van der Waals surface area (Å²) in [4.78, 5) is 41.2. The molecule has 31 heavy (non-hydrogen) atoms. The first-order valence-corrected chi connectivity index (χ1v) is 8.78. The van der Waals surface area contributed by atoms with Crippen LogP contribution in [-0.4, -0.2) is 34.0 Å². The molecule has 0 bridgehead atoms. The molecule has 0 radical (unpaired) electrons. The number of hydrogen-bond donors (Lipinski definition) is 0. The Morgan fingerprint density at radius 1 is 1.19 bits per heavy atom. The van der Waals surface area contributed by atoms with Crippen LogP contribution in [0.25, 0.3) is 5.69 Å². The van der Waals surface area contributed by atoms with E-state index < -0.39 is 46.2 Å². The number of halogens is 5. The van der Waals surface area contributed by atoms with Gasteiger partial charge >= 0.3 is 17.8 Å². The minimum absolute atomic E-state index is 0.0485. The van der Waals surface area contributed by atoms with Crippen LogP contribution in [0, 0.1) is 5.82 Å². The molecule has 168 valence electrons. The van der Waals surface area contributed by atoms with Crippen molar-refractivity contribution >= 4 is 23.8 Å². The standard InChI is InChI=1S/C18H16ClF4N3O5/c1-17(2,15(28)30-4)31-24-8-9-5-12(11(20)6-10(9)19)26-14(27)7-13(18(21,22)23)25(3)16(26)29/h5-8H,1-4H3/b24-8+. The number of methoxy groups -OCH3 is 1. The molecule has 0 saturated heterocycles. The van der Waals surface area contributed by atoms with E-state index >= 15 is 0 Å². The lowest BCUT2D eigenvalue weighted by atomic mass is 10.1. The number of rotatable bonds is 5. The third-order valence-corrected chi connectivity index (χ3v) is 4.39. The van der Waals surface area contributed by atoms with Crippen molar-refractivity contribution in [3.8, 4) is 5.69 Å². The van der Waals surface area contributed by atoms with Crippen molar-refractivity contribution in [2.45, 2.75) is 25.6 Å². The molecule has 0 aliphatic heterocycles. The molecule has 0 N–H and O–H groups in total. The highest BCUT2D eigenvalue weighted by atomic mass is 35.5. The lowest BCUT2D eigenvalue weighted by Gasteiger charge is -2.18. The number of oxime groups is 1. The van der Waals surface area contributed by atoms with Crippen LogP contribution in [0.1, 0.15) is 25.1 Å². The molecular weight excluding hydrogens is 450 g/mol. The van der Waals surface area contributed by atoms with Crippen molar-refractivity contribution in [3.05, 3.63) is 61.1 Å². The number of benzene rings is 1. The van der Waals surface area contributed by atoms with E-state index in [2.05, 4.69) is 9.89 Å². The van der Waals surface area contributed by atoms with Crippen LogP contribution >= 0.6 is 11.6 Å². The van der Waals surface area contributed by atoms with Gasteiger partial charge in [0.1, 0.15) is 11.5 Å². The molecular formula is C18H16ClF4N3O5. The van der Waals surface area contributed by atoms with Gasteiger partial charge in [0.2, 0.25) is 5.60 Å². The summed E-state index contributed by atoms with van der Waals surface area (Å²) in [5.74, 6) is -1.88. The van der Waals surface area contributed by atoms with Gasteiger partial charge in [-0.05, 0) is 26.0 Å². The zero-order valence-corrected chi connectivity index (χ0v) is 17.3.